The lowest BCUT2D eigenvalue weighted by atomic mass is 10.0. The van der Waals surface area contributed by atoms with Crippen LogP contribution in [0, 0.1) is 11.8 Å². The van der Waals surface area contributed by atoms with Crippen molar-refractivity contribution >= 4 is 15.5 Å². The minimum absolute atomic E-state index is 0.827. The molecule has 0 aromatic rings. The van der Waals surface area contributed by atoms with E-state index in [9.17, 15) is 4.11 Å². The molecule has 3 heteroatoms. The van der Waals surface area contributed by atoms with Gasteiger partial charge in [0.2, 0.25) is 7.93 Å². The highest BCUT2D eigenvalue weighted by Crippen LogP contribution is 2.56. The molecule has 2 bridgehead atoms. The molecule has 2 fully saturated rings. The van der Waals surface area contributed by atoms with E-state index < -0.39 is 15.5 Å². The molecule has 0 N–H and O–H groups in total. The Balaban J connectivity index is 2.16. The van der Waals surface area contributed by atoms with E-state index in [1.807, 2.05) is 13.1 Å². The molecule has 0 saturated heterocycles. The van der Waals surface area contributed by atoms with Crippen LogP contribution in [0.5, 0.6) is 0 Å². The Morgan fingerprint density at radius 3 is 2.00 bits per heavy atom. The van der Waals surface area contributed by atoms with Gasteiger partial charge in [-0.3, -0.25) is 0 Å². The number of fused-ring (bicyclic) bond motifs is 2. The van der Waals surface area contributed by atoms with E-state index in [1.54, 1.807) is 0 Å². The summed E-state index contributed by atoms with van der Waals surface area (Å²) < 4.78 is 14.3. The fourth-order valence-electron chi connectivity index (χ4n) is 3.57. The van der Waals surface area contributed by atoms with E-state index in [0.717, 1.165) is 17.4 Å². The number of hydrogen-bond acceptors (Lipinski definition) is 0. The topological polar surface area (TPSA) is 0 Å². The van der Waals surface area contributed by atoms with Gasteiger partial charge in [-0.2, -0.15) is 0 Å². The average molecular weight is 230 g/mol. The van der Waals surface area contributed by atoms with Gasteiger partial charge in [-0.1, -0.05) is 25.9 Å². The van der Waals surface area contributed by atoms with Gasteiger partial charge in [0.05, 0.1) is 7.59 Å². The van der Waals surface area contributed by atoms with Crippen LogP contribution in [0.15, 0.2) is 0 Å². The maximum absolute atomic E-state index is 14.3. The largest absolute Gasteiger partial charge is 0.318 e. The summed E-state index contributed by atoms with van der Waals surface area (Å²) in [5, 5.41) is 0. The lowest BCUT2D eigenvalue weighted by Gasteiger charge is -2.40. The monoisotopic (exact) mass is 230 g/mol. The molecule has 0 spiro atoms. The first kappa shape index (κ1) is 10.9. The number of rotatable bonds is 2. The van der Waals surface area contributed by atoms with Crippen LogP contribution in [0.1, 0.15) is 25.7 Å². The predicted octanol–water partition coefficient (Wildman–Crippen LogP) is 4.14. The van der Waals surface area contributed by atoms with Crippen molar-refractivity contribution in [2.75, 3.05) is 0 Å². The highest BCUT2D eigenvalue weighted by molar-refractivity contribution is 7.38. The molecule has 14 heavy (non-hydrogen) atoms. The van der Waals surface area contributed by atoms with Gasteiger partial charge in [-0.05, 0) is 43.3 Å². The summed E-state index contributed by atoms with van der Waals surface area (Å²) in [6.07, 6.45) is 5.67. The number of halogens is 1. The first-order valence-corrected chi connectivity index (χ1v) is 13.0. The fraction of sp³-hybridized carbons (Fsp3) is 1.00. The highest BCUT2D eigenvalue weighted by atomic mass is 29.3. The molecule has 3 unspecified atom stereocenters. The summed E-state index contributed by atoms with van der Waals surface area (Å²) in [5.41, 5.74) is 0.827. The molecule has 0 aliphatic heterocycles. The zero-order chi connectivity index (χ0) is 10.6. The third kappa shape index (κ3) is 1.52. The van der Waals surface area contributed by atoms with Crippen molar-refractivity contribution in [1.29, 1.82) is 0 Å². The van der Waals surface area contributed by atoms with E-state index in [4.69, 9.17) is 0 Å². The van der Waals surface area contributed by atoms with Crippen molar-refractivity contribution in [2.45, 2.75) is 57.4 Å². The minimum atomic E-state index is -2.35. The third-order valence-electron chi connectivity index (χ3n) is 5.20. The van der Waals surface area contributed by atoms with Crippen LogP contribution in [0.3, 0.4) is 0 Å². The van der Waals surface area contributed by atoms with Crippen LogP contribution < -0.4 is 0 Å². The van der Waals surface area contributed by atoms with E-state index >= 15 is 0 Å². The van der Waals surface area contributed by atoms with Crippen molar-refractivity contribution in [1.82, 2.24) is 0 Å². The Morgan fingerprint density at radius 1 is 1.00 bits per heavy atom. The van der Waals surface area contributed by atoms with Gasteiger partial charge in [0.15, 0.2) is 0 Å². The minimum Gasteiger partial charge on any atom is -0.318 e. The summed E-state index contributed by atoms with van der Waals surface area (Å²) in [5.74, 6) is 1.90. The van der Waals surface area contributed by atoms with Crippen LogP contribution in [0.4, 0.5) is 4.11 Å². The molecule has 0 radical (unpaired) electrons. The maximum atomic E-state index is 14.3. The molecule has 2 rings (SSSR count). The van der Waals surface area contributed by atoms with Crippen molar-refractivity contribution in [2.24, 2.45) is 11.8 Å². The van der Waals surface area contributed by atoms with Gasteiger partial charge < -0.3 is 4.11 Å². The highest BCUT2D eigenvalue weighted by Gasteiger charge is 2.55. The second-order valence-corrected chi connectivity index (χ2v) is 21.0. The summed E-state index contributed by atoms with van der Waals surface area (Å²) in [7, 11) is -3.90. The Bertz CT molecular complexity index is 232. The van der Waals surface area contributed by atoms with Gasteiger partial charge >= 0.3 is 0 Å². The maximum Gasteiger partial charge on any atom is 0.227 e. The Morgan fingerprint density at radius 2 is 1.64 bits per heavy atom. The van der Waals surface area contributed by atoms with Gasteiger partial charge in [0.1, 0.15) is 0 Å². The first-order chi connectivity index (χ1) is 6.32. The summed E-state index contributed by atoms with van der Waals surface area (Å²) >= 11 is 0. The first-order valence-electron chi connectivity index (χ1n) is 6.01. The lowest BCUT2D eigenvalue weighted by Crippen LogP contribution is -2.56. The molecule has 2 aliphatic rings. The van der Waals surface area contributed by atoms with Crippen molar-refractivity contribution in [3.05, 3.63) is 0 Å². The molecular weight excluding hydrogens is 207 g/mol. The standard InChI is InChI=1S/C11H23FSi2/c1-13(2,14(3,4)12)11-8-9-5-6-10(11)7-9/h9-11H,5-8H2,1-4H3. The fourth-order valence-corrected chi connectivity index (χ4v) is 10.6. The van der Waals surface area contributed by atoms with E-state index in [1.165, 1.54) is 25.7 Å². The molecule has 0 aromatic carbocycles. The second-order valence-electron chi connectivity index (χ2n) is 6.48. The zero-order valence-electron chi connectivity index (χ0n) is 9.94. The molecular formula is C11H23FSi2. The summed E-state index contributed by atoms with van der Waals surface area (Å²) in [6, 6.07) is 0. The second kappa shape index (κ2) is 3.18. The molecule has 0 aromatic heterocycles. The van der Waals surface area contributed by atoms with Crippen molar-refractivity contribution in [3.63, 3.8) is 0 Å². The molecule has 2 saturated carbocycles. The average Bonchev–Trinajstić information content (AvgIpc) is 2.61. The number of hydrogen-bond donors (Lipinski definition) is 0. The quantitative estimate of drug-likeness (QED) is 0.494. The molecule has 2 aliphatic carbocycles. The van der Waals surface area contributed by atoms with Gasteiger partial charge in [-0.25, -0.2) is 0 Å². The van der Waals surface area contributed by atoms with Crippen LogP contribution in [-0.4, -0.2) is 15.5 Å². The Hall–Kier alpha value is 0.364. The Labute approximate surface area is 89.3 Å². The van der Waals surface area contributed by atoms with E-state index in [2.05, 4.69) is 13.1 Å². The van der Waals surface area contributed by atoms with Crippen LogP contribution in [0.25, 0.3) is 0 Å². The van der Waals surface area contributed by atoms with Crippen LogP contribution in [0.2, 0.25) is 31.7 Å². The van der Waals surface area contributed by atoms with Gasteiger partial charge in [-0.15, -0.1) is 0 Å². The summed E-state index contributed by atoms with van der Waals surface area (Å²) in [4.78, 5) is 0. The molecule has 0 nitrogen and oxygen atoms in total. The molecule has 0 amide bonds. The van der Waals surface area contributed by atoms with E-state index in [0.29, 0.717) is 0 Å². The zero-order valence-corrected chi connectivity index (χ0v) is 11.9. The van der Waals surface area contributed by atoms with Gasteiger partial charge in [0, 0.05) is 0 Å². The van der Waals surface area contributed by atoms with Gasteiger partial charge in [0.25, 0.3) is 0 Å². The molecule has 3 atom stereocenters. The van der Waals surface area contributed by atoms with Crippen molar-refractivity contribution < 1.29 is 4.11 Å². The van der Waals surface area contributed by atoms with Crippen LogP contribution >= 0.6 is 0 Å². The van der Waals surface area contributed by atoms with E-state index in [-0.39, 0.29) is 0 Å². The smallest absolute Gasteiger partial charge is 0.227 e. The SMILES string of the molecule is C[Si](C)(F)[Si](C)(C)C1CC2CCC1C2. The normalized spacial score (nSPS) is 37.9. The lowest BCUT2D eigenvalue weighted by molar-refractivity contribution is 0.471. The predicted molar refractivity (Wildman–Crippen MR) is 65.3 cm³/mol. The van der Waals surface area contributed by atoms with Crippen LogP contribution in [-0.2, 0) is 0 Å². The Kier molecular flexibility index (Phi) is 2.46. The third-order valence-corrected chi connectivity index (χ3v) is 21.1. The molecule has 0 heterocycles. The summed E-state index contributed by atoms with van der Waals surface area (Å²) in [6.45, 7) is 8.55. The van der Waals surface area contributed by atoms with Crippen molar-refractivity contribution in [3.8, 4) is 0 Å². The molecule has 82 valence electrons.